The maximum absolute atomic E-state index is 13.1. The highest BCUT2D eigenvalue weighted by Crippen LogP contribution is 2.26. The van der Waals surface area contributed by atoms with Gasteiger partial charge in [-0.2, -0.15) is 4.31 Å². The molecule has 0 aromatic heterocycles. The number of carbonyl (C=O) groups excluding carboxylic acids is 1. The predicted molar refractivity (Wildman–Crippen MR) is 105 cm³/mol. The highest BCUT2D eigenvalue weighted by atomic mass is 32.2. The lowest BCUT2D eigenvalue weighted by Crippen LogP contribution is -2.48. The van der Waals surface area contributed by atoms with Crippen LogP contribution in [-0.4, -0.2) is 44.9 Å². The Kier molecular flexibility index (Phi) is 4.99. The number of rotatable bonds is 5. The van der Waals surface area contributed by atoms with Crippen molar-refractivity contribution in [2.45, 2.75) is 24.8 Å². The fourth-order valence-corrected chi connectivity index (χ4v) is 5.04. The lowest BCUT2D eigenvalue weighted by atomic mass is 9.89. The van der Waals surface area contributed by atoms with E-state index in [-0.39, 0.29) is 16.2 Å². The third kappa shape index (κ3) is 3.70. The molecule has 1 N–H and O–H groups in total. The van der Waals surface area contributed by atoms with Gasteiger partial charge in [-0.3, -0.25) is 4.79 Å². The van der Waals surface area contributed by atoms with Crippen LogP contribution in [0.5, 0.6) is 0 Å². The van der Waals surface area contributed by atoms with E-state index in [0.717, 1.165) is 5.56 Å². The topological polar surface area (TPSA) is 75.7 Å². The fourth-order valence-electron chi connectivity index (χ4n) is 3.57. The molecule has 0 bridgehead atoms. The Morgan fingerprint density at radius 2 is 1.89 bits per heavy atom. The summed E-state index contributed by atoms with van der Waals surface area (Å²) in [6, 6.07) is 14.2. The molecular weight excluding hydrogens is 376 g/mol. The summed E-state index contributed by atoms with van der Waals surface area (Å²) in [4.78, 5) is 12.6. The second-order valence-corrected chi connectivity index (χ2v) is 9.81. The molecule has 4 rings (SSSR count). The van der Waals surface area contributed by atoms with Crippen LogP contribution in [0.15, 0.2) is 53.4 Å². The highest BCUT2D eigenvalue weighted by Gasteiger charge is 2.34. The van der Waals surface area contributed by atoms with Crippen molar-refractivity contribution in [1.29, 1.82) is 0 Å². The molecule has 0 saturated carbocycles. The molecule has 2 aromatic rings. The van der Waals surface area contributed by atoms with Gasteiger partial charge < -0.3 is 10.1 Å². The van der Waals surface area contributed by atoms with E-state index in [1.807, 2.05) is 31.2 Å². The molecule has 0 aliphatic carbocycles. The predicted octanol–water partition coefficient (Wildman–Crippen LogP) is 2.20. The molecule has 6 nitrogen and oxygen atoms in total. The Morgan fingerprint density at radius 1 is 1.14 bits per heavy atom. The van der Waals surface area contributed by atoms with E-state index < -0.39 is 10.0 Å². The van der Waals surface area contributed by atoms with Gasteiger partial charge >= 0.3 is 0 Å². The lowest BCUT2D eigenvalue weighted by molar-refractivity contribution is -0.0978. The molecule has 148 valence electrons. The summed E-state index contributed by atoms with van der Waals surface area (Å²) in [7, 11) is -3.66. The largest absolute Gasteiger partial charge is 0.380 e. The van der Waals surface area contributed by atoms with E-state index in [4.69, 9.17) is 4.74 Å². The van der Waals surface area contributed by atoms with E-state index >= 15 is 0 Å². The van der Waals surface area contributed by atoms with Crippen LogP contribution in [0.1, 0.15) is 28.4 Å². The molecule has 1 amide bonds. The van der Waals surface area contributed by atoms with Crippen molar-refractivity contribution in [2.75, 3.05) is 26.3 Å². The van der Waals surface area contributed by atoms with Gasteiger partial charge in [0, 0.05) is 30.6 Å². The molecule has 2 aliphatic heterocycles. The van der Waals surface area contributed by atoms with Gasteiger partial charge in [-0.25, -0.2) is 8.42 Å². The van der Waals surface area contributed by atoms with Gasteiger partial charge in [-0.05, 0) is 35.7 Å². The van der Waals surface area contributed by atoms with E-state index in [2.05, 4.69) is 5.32 Å². The van der Waals surface area contributed by atoms with Crippen molar-refractivity contribution < 1.29 is 17.9 Å². The minimum Gasteiger partial charge on any atom is -0.380 e. The minimum atomic E-state index is -3.66. The van der Waals surface area contributed by atoms with Gasteiger partial charge in [0.15, 0.2) is 0 Å². The average molecular weight is 401 g/mol. The Balaban J connectivity index is 1.51. The van der Waals surface area contributed by atoms with Gasteiger partial charge in [-0.15, -0.1) is 0 Å². The number of amides is 1. The zero-order chi connectivity index (χ0) is 19.8. The van der Waals surface area contributed by atoms with Crippen LogP contribution < -0.4 is 5.32 Å². The van der Waals surface area contributed by atoms with Gasteiger partial charge in [0.25, 0.3) is 5.91 Å². The van der Waals surface area contributed by atoms with Crippen molar-refractivity contribution in [3.05, 3.63) is 65.2 Å². The van der Waals surface area contributed by atoms with Gasteiger partial charge in [0.1, 0.15) is 0 Å². The first kappa shape index (κ1) is 19.1. The molecule has 0 unspecified atom stereocenters. The van der Waals surface area contributed by atoms with E-state index in [0.29, 0.717) is 44.8 Å². The van der Waals surface area contributed by atoms with Crippen LogP contribution in [0, 0.1) is 5.41 Å². The third-order valence-corrected chi connectivity index (χ3v) is 7.25. The zero-order valence-corrected chi connectivity index (χ0v) is 16.7. The molecule has 0 spiro atoms. The van der Waals surface area contributed by atoms with Crippen molar-refractivity contribution in [1.82, 2.24) is 9.62 Å². The summed E-state index contributed by atoms with van der Waals surface area (Å²) in [5.41, 5.74) is 2.53. The molecule has 2 heterocycles. The van der Waals surface area contributed by atoms with Crippen LogP contribution in [-0.2, 0) is 27.7 Å². The molecule has 28 heavy (non-hydrogen) atoms. The number of hydrogen-bond acceptors (Lipinski definition) is 4. The van der Waals surface area contributed by atoms with Crippen molar-refractivity contribution >= 4 is 15.9 Å². The number of benzene rings is 2. The summed E-state index contributed by atoms with van der Waals surface area (Å²) in [6.07, 6.45) is 0.691. The molecule has 1 fully saturated rings. The number of nitrogens with one attached hydrogen (secondary N) is 1. The first-order chi connectivity index (χ1) is 13.4. The number of carbonyl (C=O) groups is 1. The molecular formula is C21H24N2O4S. The summed E-state index contributed by atoms with van der Waals surface area (Å²) >= 11 is 0. The van der Waals surface area contributed by atoms with Crippen molar-refractivity contribution in [3.63, 3.8) is 0 Å². The molecule has 2 aliphatic rings. The van der Waals surface area contributed by atoms with Gasteiger partial charge in [0.05, 0.1) is 18.1 Å². The minimum absolute atomic E-state index is 0.0411. The Hall–Kier alpha value is -2.22. The number of hydrogen-bond donors (Lipinski definition) is 1. The number of sulfonamides is 1. The Morgan fingerprint density at radius 3 is 2.61 bits per heavy atom. The Labute approximate surface area is 165 Å². The first-order valence-electron chi connectivity index (χ1n) is 9.40. The third-order valence-electron chi connectivity index (χ3n) is 5.41. The van der Waals surface area contributed by atoms with Crippen LogP contribution in [0.3, 0.4) is 0 Å². The second kappa shape index (κ2) is 7.31. The number of ether oxygens (including phenoxy) is 1. The lowest BCUT2D eigenvalue weighted by Gasteiger charge is -2.38. The van der Waals surface area contributed by atoms with E-state index in [1.165, 1.54) is 15.9 Å². The van der Waals surface area contributed by atoms with E-state index in [1.54, 1.807) is 18.2 Å². The molecule has 2 aromatic carbocycles. The monoisotopic (exact) mass is 400 g/mol. The quantitative estimate of drug-likeness (QED) is 0.835. The molecule has 0 atom stereocenters. The summed E-state index contributed by atoms with van der Waals surface area (Å²) in [5.74, 6) is -0.269. The van der Waals surface area contributed by atoms with Crippen molar-refractivity contribution in [3.8, 4) is 0 Å². The van der Waals surface area contributed by atoms with E-state index in [9.17, 15) is 13.2 Å². The fraction of sp³-hybridized carbons (Fsp3) is 0.381. The summed E-state index contributed by atoms with van der Waals surface area (Å²) in [5, 5.41) is 2.89. The SMILES string of the molecule is CC1(CNC(=O)c2cccc(S(=O)(=O)N3CCc4ccccc4C3)c2)COC1. The smallest absolute Gasteiger partial charge is 0.251 e. The standard InChI is InChI=1S/C21H24N2O4S/c1-21(14-27-15-21)13-22-20(24)17-7-4-8-19(11-17)28(25,26)23-10-9-16-5-2-3-6-18(16)12-23/h2-8,11H,9-10,12-15H2,1H3,(H,22,24). The second-order valence-electron chi connectivity index (χ2n) is 7.87. The maximum atomic E-state index is 13.1. The molecule has 7 heteroatoms. The van der Waals surface area contributed by atoms with Crippen LogP contribution in [0.2, 0.25) is 0 Å². The van der Waals surface area contributed by atoms with Crippen LogP contribution >= 0.6 is 0 Å². The average Bonchev–Trinajstić information content (AvgIpc) is 2.70. The normalized spacial score (nSPS) is 18.8. The van der Waals surface area contributed by atoms with Crippen LogP contribution in [0.25, 0.3) is 0 Å². The molecule has 0 radical (unpaired) electrons. The number of nitrogens with zero attached hydrogens (tertiary/aromatic N) is 1. The first-order valence-corrected chi connectivity index (χ1v) is 10.8. The van der Waals surface area contributed by atoms with Crippen LogP contribution in [0.4, 0.5) is 0 Å². The van der Waals surface area contributed by atoms with Gasteiger partial charge in [-0.1, -0.05) is 37.3 Å². The zero-order valence-electron chi connectivity index (χ0n) is 15.8. The summed E-state index contributed by atoms with van der Waals surface area (Å²) in [6.45, 7) is 4.59. The van der Waals surface area contributed by atoms with Gasteiger partial charge in [0.2, 0.25) is 10.0 Å². The molecule has 1 saturated heterocycles. The highest BCUT2D eigenvalue weighted by molar-refractivity contribution is 7.89. The number of fused-ring (bicyclic) bond motifs is 1. The Bertz CT molecular complexity index is 999. The summed E-state index contributed by atoms with van der Waals surface area (Å²) < 4.78 is 32.9. The van der Waals surface area contributed by atoms with Crippen molar-refractivity contribution in [2.24, 2.45) is 5.41 Å². The maximum Gasteiger partial charge on any atom is 0.251 e.